The first-order valence-electron chi connectivity index (χ1n) is 10.5. The van der Waals surface area contributed by atoms with E-state index in [-0.39, 0.29) is 16.9 Å². The van der Waals surface area contributed by atoms with Crippen LogP contribution in [0.1, 0.15) is 40.9 Å². The Morgan fingerprint density at radius 1 is 1.16 bits per heavy atom. The molecule has 0 radical (unpaired) electrons. The second kappa shape index (κ2) is 10.9. The van der Waals surface area contributed by atoms with Crippen molar-refractivity contribution in [3.8, 4) is 0 Å². The van der Waals surface area contributed by atoms with Gasteiger partial charge in [-0.3, -0.25) is 4.79 Å². The lowest BCUT2D eigenvalue weighted by Crippen LogP contribution is -2.40. The van der Waals surface area contributed by atoms with E-state index < -0.39 is 10.0 Å². The van der Waals surface area contributed by atoms with Crippen molar-refractivity contribution >= 4 is 15.9 Å². The molecule has 2 aromatic rings. The molecule has 1 atom stereocenters. The fourth-order valence-corrected chi connectivity index (χ4v) is 4.83. The van der Waals surface area contributed by atoms with Gasteiger partial charge in [-0.2, -0.15) is 4.31 Å². The summed E-state index contributed by atoms with van der Waals surface area (Å²) in [6.07, 6.45) is 0.648. The number of benzene rings is 2. The zero-order valence-electron chi connectivity index (χ0n) is 18.0. The van der Waals surface area contributed by atoms with Crippen LogP contribution in [0, 0.1) is 6.92 Å². The van der Waals surface area contributed by atoms with Gasteiger partial charge in [-0.05, 0) is 43.5 Å². The Morgan fingerprint density at radius 2 is 1.87 bits per heavy atom. The summed E-state index contributed by atoms with van der Waals surface area (Å²) in [7, 11) is -3.65. The molecule has 0 aromatic heterocycles. The van der Waals surface area contributed by atoms with Gasteiger partial charge in [-0.15, -0.1) is 0 Å². The van der Waals surface area contributed by atoms with Crippen molar-refractivity contribution in [2.75, 3.05) is 39.5 Å². The molecule has 1 aliphatic heterocycles. The molecule has 8 heteroatoms. The quantitative estimate of drug-likeness (QED) is 0.599. The summed E-state index contributed by atoms with van der Waals surface area (Å²) in [5.74, 6) is -0.285. The van der Waals surface area contributed by atoms with Gasteiger partial charge in [0.2, 0.25) is 10.0 Å². The minimum atomic E-state index is -3.65. The molecule has 0 aliphatic carbocycles. The van der Waals surface area contributed by atoms with E-state index in [1.807, 2.05) is 37.3 Å². The van der Waals surface area contributed by atoms with Crippen molar-refractivity contribution in [1.82, 2.24) is 9.62 Å². The molecule has 1 amide bonds. The third kappa shape index (κ3) is 6.13. The Morgan fingerprint density at radius 3 is 2.58 bits per heavy atom. The molecule has 31 heavy (non-hydrogen) atoms. The van der Waals surface area contributed by atoms with E-state index in [1.165, 1.54) is 10.4 Å². The van der Waals surface area contributed by atoms with Gasteiger partial charge in [0, 0.05) is 31.8 Å². The molecule has 7 nitrogen and oxygen atoms in total. The van der Waals surface area contributed by atoms with Crippen LogP contribution in [0.2, 0.25) is 0 Å². The summed E-state index contributed by atoms with van der Waals surface area (Å²) in [4.78, 5) is 12.8. The smallest absolute Gasteiger partial charge is 0.251 e. The number of amides is 1. The van der Waals surface area contributed by atoms with Crippen molar-refractivity contribution in [3.05, 3.63) is 65.2 Å². The lowest BCUT2D eigenvalue weighted by Gasteiger charge is -2.26. The molecule has 168 valence electrons. The SMILES string of the molecule is Cc1ccc(S(=O)(=O)N2CCOCC2)cc1C(=O)NCCCO[C@H](C)c1ccccc1. The summed E-state index contributed by atoms with van der Waals surface area (Å²) >= 11 is 0. The largest absolute Gasteiger partial charge is 0.379 e. The number of aryl methyl sites for hydroxylation is 1. The average Bonchev–Trinajstić information content (AvgIpc) is 2.80. The number of morpholine rings is 1. The minimum absolute atomic E-state index is 0.0128. The van der Waals surface area contributed by atoms with Gasteiger partial charge < -0.3 is 14.8 Å². The number of ether oxygens (including phenoxy) is 2. The summed E-state index contributed by atoms with van der Waals surface area (Å²) in [6, 6.07) is 14.7. The first kappa shape index (κ1) is 23.4. The third-order valence-electron chi connectivity index (χ3n) is 5.31. The monoisotopic (exact) mass is 446 g/mol. The normalized spacial score (nSPS) is 16.1. The number of nitrogens with one attached hydrogen (secondary N) is 1. The van der Waals surface area contributed by atoms with Gasteiger partial charge >= 0.3 is 0 Å². The standard InChI is InChI=1S/C23H30N2O5S/c1-18-9-10-21(31(27,28)25-12-15-29-16-13-25)17-22(18)23(26)24-11-6-14-30-19(2)20-7-4-3-5-8-20/h3-5,7-10,17,19H,6,11-16H2,1-2H3,(H,24,26)/t19-/m1/s1. The van der Waals surface area contributed by atoms with E-state index in [1.54, 1.807) is 19.1 Å². The fourth-order valence-electron chi connectivity index (χ4n) is 3.39. The van der Waals surface area contributed by atoms with Crippen LogP contribution in [0.25, 0.3) is 0 Å². The van der Waals surface area contributed by atoms with Crippen LogP contribution in [0.5, 0.6) is 0 Å². The first-order chi connectivity index (χ1) is 14.9. The second-order valence-electron chi connectivity index (χ2n) is 7.53. The molecule has 1 N–H and O–H groups in total. The van der Waals surface area contributed by atoms with Gasteiger partial charge in [0.05, 0.1) is 24.2 Å². The summed E-state index contributed by atoms with van der Waals surface area (Å²) in [5.41, 5.74) is 2.21. The van der Waals surface area contributed by atoms with E-state index in [9.17, 15) is 13.2 Å². The lowest BCUT2D eigenvalue weighted by atomic mass is 10.1. The highest BCUT2D eigenvalue weighted by molar-refractivity contribution is 7.89. The molecule has 0 unspecified atom stereocenters. The van der Waals surface area contributed by atoms with Crippen LogP contribution in [-0.4, -0.2) is 58.1 Å². The topological polar surface area (TPSA) is 84.9 Å². The molecule has 1 fully saturated rings. The number of hydrogen-bond acceptors (Lipinski definition) is 5. The van der Waals surface area contributed by atoms with Crippen molar-refractivity contribution < 1.29 is 22.7 Å². The molecule has 1 heterocycles. The molecule has 1 saturated heterocycles. The van der Waals surface area contributed by atoms with Crippen LogP contribution < -0.4 is 5.32 Å². The van der Waals surface area contributed by atoms with E-state index >= 15 is 0 Å². The molecule has 1 aliphatic rings. The molecule has 2 aromatic carbocycles. The summed E-state index contributed by atoms with van der Waals surface area (Å²) in [6.45, 7) is 6.15. The highest BCUT2D eigenvalue weighted by Crippen LogP contribution is 2.21. The highest BCUT2D eigenvalue weighted by atomic mass is 32.2. The lowest BCUT2D eigenvalue weighted by molar-refractivity contribution is 0.0635. The number of sulfonamides is 1. The minimum Gasteiger partial charge on any atom is -0.379 e. The molecule has 0 saturated carbocycles. The van der Waals surface area contributed by atoms with Gasteiger partial charge in [0.25, 0.3) is 5.91 Å². The van der Waals surface area contributed by atoms with E-state index in [0.717, 1.165) is 11.1 Å². The Bertz CT molecular complexity index is 973. The number of rotatable bonds is 9. The Balaban J connectivity index is 1.53. The maximum absolute atomic E-state index is 12.9. The van der Waals surface area contributed by atoms with Gasteiger partial charge in [-0.1, -0.05) is 36.4 Å². The molecule has 0 bridgehead atoms. The van der Waals surface area contributed by atoms with Crippen molar-refractivity contribution in [2.24, 2.45) is 0 Å². The molecule has 3 rings (SSSR count). The van der Waals surface area contributed by atoms with Crippen molar-refractivity contribution in [3.63, 3.8) is 0 Å². The predicted octanol–water partition coefficient (Wildman–Crippen LogP) is 2.91. The highest BCUT2D eigenvalue weighted by Gasteiger charge is 2.27. The van der Waals surface area contributed by atoms with Crippen molar-refractivity contribution in [1.29, 1.82) is 0 Å². The zero-order valence-corrected chi connectivity index (χ0v) is 18.9. The van der Waals surface area contributed by atoms with E-state index in [0.29, 0.717) is 51.4 Å². The number of carbonyl (C=O) groups is 1. The van der Waals surface area contributed by atoms with Crippen LogP contribution in [0.15, 0.2) is 53.4 Å². The molecule has 0 spiro atoms. The maximum atomic E-state index is 12.9. The van der Waals surface area contributed by atoms with Gasteiger partial charge in [-0.25, -0.2) is 8.42 Å². The zero-order chi connectivity index (χ0) is 22.3. The second-order valence-corrected chi connectivity index (χ2v) is 9.46. The van der Waals surface area contributed by atoms with Gasteiger partial charge in [0.1, 0.15) is 0 Å². The van der Waals surface area contributed by atoms with E-state index in [2.05, 4.69) is 5.32 Å². The third-order valence-corrected chi connectivity index (χ3v) is 7.20. The molecular formula is C23H30N2O5S. The van der Waals surface area contributed by atoms with E-state index in [4.69, 9.17) is 9.47 Å². The van der Waals surface area contributed by atoms with Crippen LogP contribution in [-0.2, 0) is 19.5 Å². The summed E-state index contributed by atoms with van der Waals surface area (Å²) in [5, 5.41) is 2.86. The Kier molecular flexibility index (Phi) is 8.20. The number of hydrogen-bond donors (Lipinski definition) is 1. The van der Waals surface area contributed by atoms with Crippen LogP contribution in [0.3, 0.4) is 0 Å². The first-order valence-corrected chi connectivity index (χ1v) is 12.0. The predicted molar refractivity (Wildman–Crippen MR) is 119 cm³/mol. The Labute approximate surface area is 184 Å². The van der Waals surface area contributed by atoms with Crippen LogP contribution in [0.4, 0.5) is 0 Å². The summed E-state index contributed by atoms with van der Waals surface area (Å²) < 4.78 is 38.2. The Hall–Kier alpha value is -2.26. The fraction of sp³-hybridized carbons (Fsp3) is 0.435. The maximum Gasteiger partial charge on any atom is 0.251 e. The number of carbonyl (C=O) groups excluding carboxylic acids is 1. The average molecular weight is 447 g/mol. The number of nitrogens with zero attached hydrogens (tertiary/aromatic N) is 1. The van der Waals surface area contributed by atoms with Crippen molar-refractivity contribution in [2.45, 2.75) is 31.3 Å². The van der Waals surface area contributed by atoms with Gasteiger partial charge in [0.15, 0.2) is 0 Å². The van der Waals surface area contributed by atoms with Crippen LogP contribution >= 0.6 is 0 Å². The molecular weight excluding hydrogens is 416 g/mol.